The molecule has 0 bridgehead atoms. The molecule has 29 heavy (non-hydrogen) atoms. The molecule has 0 fully saturated rings. The van der Waals surface area contributed by atoms with Crippen LogP contribution in [0.5, 0.6) is 17.4 Å². The summed E-state index contributed by atoms with van der Waals surface area (Å²) in [4.78, 5) is 24.3. The maximum atomic E-state index is 12.2. The minimum Gasteiger partial charge on any atom is -0.493 e. The van der Waals surface area contributed by atoms with Gasteiger partial charge >= 0.3 is 0 Å². The standard InChI is InChI=1S/C20H18N4O5/c1-24-13-7-3-2-6-12(13)18(20(24)27)23-22-17(25)10-21-19(26)16-11-28-14-8-4-5-9-15(14)29-16/h2-9,16,27H,10-11H2,1H3,(H,21,26)/t16-/m1/s1. The number of hydrogen-bond donors (Lipinski definition) is 2. The summed E-state index contributed by atoms with van der Waals surface area (Å²) in [7, 11) is 1.68. The highest BCUT2D eigenvalue weighted by Crippen LogP contribution is 2.37. The molecule has 0 saturated carbocycles. The van der Waals surface area contributed by atoms with Crippen LogP contribution in [0.2, 0.25) is 0 Å². The van der Waals surface area contributed by atoms with Crippen molar-refractivity contribution in [1.29, 1.82) is 0 Å². The van der Waals surface area contributed by atoms with Gasteiger partial charge in [0.2, 0.25) is 12.0 Å². The van der Waals surface area contributed by atoms with Gasteiger partial charge in [-0.1, -0.05) is 30.3 Å². The van der Waals surface area contributed by atoms with Crippen LogP contribution in [0.25, 0.3) is 10.9 Å². The molecule has 0 saturated heterocycles. The van der Waals surface area contributed by atoms with Crippen LogP contribution < -0.4 is 14.8 Å². The molecule has 0 aliphatic carbocycles. The van der Waals surface area contributed by atoms with Crippen molar-refractivity contribution < 1.29 is 24.2 Å². The molecule has 9 heteroatoms. The molecule has 9 nitrogen and oxygen atoms in total. The maximum Gasteiger partial charge on any atom is 0.283 e. The van der Waals surface area contributed by atoms with Gasteiger partial charge in [0, 0.05) is 12.4 Å². The summed E-state index contributed by atoms with van der Waals surface area (Å²) < 4.78 is 12.6. The van der Waals surface area contributed by atoms with Crippen molar-refractivity contribution in [2.75, 3.05) is 13.2 Å². The van der Waals surface area contributed by atoms with E-state index in [-0.39, 0.29) is 24.7 Å². The average molecular weight is 394 g/mol. The Kier molecular flexibility index (Phi) is 4.86. The zero-order valence-corrected chi connectivity index (χ0v) is 15.5. The number of carbonyl (C=O) groups is 2. The molecule has 0 radical (unpaired) electrons. The van der Waals surface area contributed by atoms with Crippen LogP contribution in [0, 0.1) is 0 Å². The normalized spacial score (nSPS) is 15.6. The number of amides is 2. The fraction of sp³-hybridized carbons (Fsp3) is 0.200. The number of rotatable bonds is 4. The molecule has 3 aromatic rings. The Morgan fingerprint density at radius 1 is 1.17 bits per heavy atom. The third-order valence-electron chi connectivity index (χ3n) is 4.53. The van der Waals surface area contributed by atoms with E-state index < -0.39 is 17.9 Å². The third-order valence-corrected chi connectivity index (χ3v) is 4.53. The van der Waals surface area contributed by atoms with Gasteiger partial charge in [0.25, 0.3) is 11.8 Å². The number of hydrogen-bond acceptors (Lipinski definition) is 6. The zero-order chi connectivity index (χ0) is 20.4. The van der Waals surface area contributed by atoms with Crippen molar-refractivity contribution in [2.24, 2.45) is 17.3 Å². The number of nitrogens with zero attached hydrogens (tertiary/aromatic N) is 3. The summed E-state index contributed by atoms with van der Waals surface area (Å²) in [5, 5.41) is 20.8. The van der Waals surface area contributed by atoms with E-state index in [1.165, 1.54) is 0 Å². The number of aromatic hydroxyl groups is 1. The molecule has 1 aromatic heterocycles. The smallest absolute Gasteiger partial charge is 0.283 e. The first kappa shape index (κ1) is 18.5. The Bertz CT molecular complexity index is 1120. The van der Waals surface area contributed by atoms with E-state index in [1.807, 2.05) is 12.1 Å². The van der Waals surface area contributed by atoms with Crippen molar-refractivity contribution in [2.45, 2.75) is 6.10 Å². The second-order valence-electron chi connectivity index (χ2n) is 6.42. The summed E-state index contributed by atoms with van der Waals surface area (Å²) in [6.07, 6.45) is -0.864. The lowest BCUT2D eigenvalue weighted by atomic mass is 10.2. The van der Waals surface area contributed by atoms with Crippen molar-refractivity contribution in [3.05, 3.63) is 48.5 Å². The van der Waals surface area contributed by atoms with Gasteiger partial charge in [0.05, 0.1) is 5.52 Å². The van der Waals surface area contributed by atoms with E-state index in [4.69, 9.17) is 9.47 Å². The first-order valence-corrected chi connectivity index (χ1v) is 8.91. The monoisotopic (exact) mass is 394 g/mol. The van der Waals surface area contributed by atoms with Crippen LogP contribution in [0.4, 0.5) is 5.69 Å². The first-order chi connectivity index (χ1) is 14.0. The first-order valence-electron chi connectivity index (χ1n) is 8.91. The fourth-order valence-electron chi connectivity index (χ4n) is 3.02. The molecule has 1 atom stereocenters. The number of ether oxygens (including phenoxy) is 2. The number of fused-ring (bicyclic) bond motifs is 2. The van der Waals surface area contributed by atoms with Crippen LogP contribution in [0.15, 0.2) is 58.8 Å². The van der Waals surface area contributed by atoms with Gasteiger partial charge in [-0.15, -0.1) is 10.2 Å². The lowest BCUT2D eigenvalue weighted by Crippen LogP contribution is -2.45. The lowest BCUT2D eigenvalue weighted by molar-refractivity contribution is -0.132. The van der Waals surface area contributed by atoms with Crippen LogP contribution in [-0.4, -0.2) is 40.7 Å². The van der Waals surface area contributed by atoms with Gasteiger partial charge in [-0.05, 0) is 18.2 Å². The highest BCUT2D eigenvalue weighted by Gasteiger charge is 2.27. The van der Waals surface area contributed by atoms with E-state index in [2.05, 4.69) is 15.5 Å². The van der Waals surface area contributed by atoms with Gasteiger partial charge in [0.15, 0.2) is 17.2 Å². The Balaban J connectivity index is 1.37. The van der Waals surface area contributed by atoms with E-state index in [0.717, 1.165) is 5.52 Å². The molecular formula is C20H18N4O5. The number of azo groups is 1. The lowest BCUT2D eigenvalue weighted by Gasteiger charge is -2.25. The Morgan fingerprint density at radius 2 is 1.90 bits per heavy atom. The van der Waals surface area contributed by atoms with Crippen molar-refractivity contribution in [3.8, 4) is 17.4 Å². The molecule has 2 amide bonds. The molecule has 2 N–H and O–H groups in total. The minimum absolute atomic E-state index is 0.0441. The summed E-state index contributed by atoms with van der Waals surface area (Å²) in [6, 6.07) is 14.2. The van der Waals surface area contributed by atoms with Gasteiger partial charge < -0.3 is 24.5 Å². The van der Waals surface area contributed by atoms with Gasteiger partial charge in [-0.25, -0.2) is 0 Å². The van der Waals surface area contributed by atoms with Crippen LogP contribution in [0.1, 0.15) is 0 Å². The highest BCUT2D eigenvalue weighted by molar-refractivity contribution is 5.95. The van der Waals surface area contributed by atoms with Crippen LogP contribution in [0.3, 0.4) is 0 Å². The SMILES string of the molecule is Cn1c(O)c(N=NC(=O)CNC(=O)[C@H]2COc3ccccc3O2)c2ccccc21. The fourth-order valence-corrected chi connectivity index (χ4v) is 3.02. The molecule has 0 unspecified atom stereocenters. The summed E-state index contributed by atoms with van der Waals surface area (Å²) in [6.45, 7) is -0.308. The van der Waals surface area contributed by atoms with E-state index in [1.54, 1.807) is 48.0 Å². The number of carbonyl (C=O) groups excluding carboxylic acids is 2. The largest absolute Gasteiger partial charge is 0.493 e. The predicted molar refractivity (Wildman–Crippen MR) is 103 cm³/mol. The molecule has 2 aromatic carbocycles. The second-order valence-corrected chi connectivity index (χ2v) is 6.42. The zero-order valence-electron chi connectivity index (χ0n) is 15.5. The third kappa shape index (κ3) is 3.62. The van der Waals surface area contributed by atoms with Crippen LogP contribution >= 0.6 is 0 Å². The predicted octanol–water partition coefficient (Wildman–Crippen LogP) is 2.45. The number of aryl methyl sites for hydroxylation is 1. The highest BCUT2D eigenvalue weighted by atomic mass is 16.6. The summed E-state index contributed by atoms with van der Waals surface area (Å²) >= 11 is 0. The number of benzene rings is 2. The summed E-state index contributed by atoms with van der Waals surface area (Å²) in [5.74, 6) is -0.218. The number of para-hydroxylation sites is 3. The molecule has 4 rings (SSSR count). The van der Waals surface area contributed by atoms with Gasteiger partial charge in [0.1, 0.15) is 13.2 Å². The molecular weight excluding hydrogens is 376 g/mol. The number of nitrogens with one attached hydrogen (secondary N) is 1. The Labute approximate surface area is 165 Å². The molecule has 0 spiro atoms. The maximum absolute atomic E-state index is 12.2. The Hall–Kier alpha value is -3.88. The second kappa shape index (κ2) is 7.63. The quantitative estimate of drug-likeness (QED) is 0.660. The Morgan fingerprint density at radius 3 is 2.72 bits per heavy atom. The van der Waals surface area contributed by atoms with Crippen molar-refractivity contribution in [1.82, 2.24) is 9.88 Å². The van der Waals surface area contributed by atoms with Crippen molar-refractivity contribution in [3.63, 3.8) is 0 Å². The van der Waals surface area contributed by atoms with E-state index in [9.17, 15) is 14.7 Å². The van der Waals surface area contributed by atoms with E-state index in [0.29, 0.717) is 16.9 Å². The molecule has 1 aliphatic rings. The van der Waals surface area contributed by atoms with Crippen molar-refractivity contribution >= 4 is 28.4 Å². The topological polar surface area (TPSA) is 115 Å². The average Bonchev–Trinajstić information content (AvgIpc) is 3.00. The molecule has 1 aliphatic heterocycles. The van der Waals surface area contributed by atoms with E-state index >= 15 is 0 Å². The van der Waals surface area contributed by atoms with Gasteiger partial charge in [-0.2, -0.15) is 0 Å². The minimum atomic E-state index is -0.864. The number of aromatic nitrogens is 1. The van der Waals surface area contributed by atoms with Gasteiger partial charge in [-0.3, -0.25) is 9.59 Å². The summed E-state index contributed by atoms with van der Waals surface area (Å²) in [5.41, 5.74) is 0.956. The molecule has 2 heterocycles. The van der Waals surface area contributed by atoms with Crippen LogP contribution in [-0.2, 0) is 16.6 Å². The molecule has 148 valence electrons.